The summed E-state index contributed by atoms with van der Waals surface area (Å²) in [4.78, 5) is 4.42. The predicted molar refractivity (Wildman–Crippen MR) is 69.5 cm³/mol. The third kappa shape index (κ3) is 2.97. The Balaban J connectivity index is 1.73. The Bertz CT molecular complexity index is 534. The van der Waals surface area contributed by atoms with Crippen molar-refractivity contribution in [3.05, 3.63) is 11.7 Å². The van der Waals surface area contributed by atoms with Crippen LogP contribution in [0.4, 0.5) is 0 Å². The number of sulfone groups is 1. The molecule has 1 aromatic rings. The van der Waals surface area contributed by atoms with E-state index in [0.29, 0.717) is 23.9 Å². The average molecular weight is 285 g/mol. The lowest BCUT2D eigenvalue weighted by molar-refractivity contribution is 0.295. The van der Waals surface area contributed by atoms with Gasteiger partial charge < -0.3 is 9.84 Å². The maximum absolute atomic E-state index is 11.6. The Hall–Kier alpha value is -0.950. The minimum atomic E-state index is -2.93. The lowest BCUT2D eigenvalue weighted by atomic mass is 10.0. The van der Waals surface area contributed by atoms with E-state index >= 15 is 0 Å². The third-order valence-electron chi connectivity index (χ3n) is 3.89. The average Bonchev–Trinajstić information content (AvgIpc) is 2.88. The quantitative estimate of drug-likeness (QED) is 0.878. The van der Waals surface area contributed by atoms with Gasteiger partial charge in [0.25, 0.3) is 0 Å². The molecule has 0 bridgehead atoms. The SMILES string of the molecule is O=S1(=O)CCCC(c2noc(C3CCCCN3)n2)C1. The summed E-state index contributed by atoms with van der Waals surface area (Å²) in [5, 5.41) is 7.34. The van der Waals surface area contributed by atoms with Crippen LogP contribution < -0.4 is 5.32 Å². The fraction of sp³-hybridized carbons (Fsp3) is 0.833. The molecule has 2 aliphatic heterocycles. The summed E-state index contributed by atoms with van der Waals surface area (Å²) in [5.74, 6) is 1.52. The summed E-state index contributed by atoms with van der Waals surface area (Å²) in [6.07, 6.45) is 4.87. The first-order valence-electron chi connectivity index (χ1n) is 6.91. The lowest BCUT2D eigenvalue weighted by Crippen LogP contribution is -2.27. The minimum Gasteiger partial charge on any atom is -0.338 e. The zero-order valence-electron chi connectivity index (χ0n) is 10.8. The highest BCUT2D eigenvalue weighted by atomic mass is 32.2. The minimum absolute atomic E-state index is 0.0974. The third-order valence-corrected chi connectivity index (χ3v) is 5.71. The van der Waals surface area contributed by atoms with Gasteiger partial charge in [0, 0.05) is 5.92 Å². The van der Waals surface area contributed by atoms with Gasteiger partial charge in [-0.25, -0.2) is 8.42 Å². The number of hydrogen-bond donors (Lipinski definition) is 1. The Kier molecular flexibility index (Phi) is 3.58. The van der Waals surface area contributed by atoms with Gasteiger partial charge in [-0.15, -0.1) is 0 Å². The van der Waals surface area contributed by atoms with Crippen molar-refractivity contribution >= 4 is 9.84 Å². The Labute approximate surface area is 112 Å². The molecule has 106 valence electrons. The van der Waals surface area contributed by atoms with E-state index in [2.05, 4.69) is 15.5 Å². The summed E-state index contributed by atoms with van der Waals surface area (Å²) in [7, 11) is -2.93. The van der Waals surface area contributed by atoms with Crippen molar-refractivity contribution in [1.29, 1.82) is 0 Å². The lowest BCUT2D eigenvalue weighted by Gasteiger charge is -2.20. The van der Waals surface area contributed by atoms with Gasteiger partial charge in [0.15, 0.2) is 15.7 Å². The van der Waals surface area contributed by atoms with Gasteiger partial charge in [-0.1, -0.05) is 11.6 Å². The first-order valence-corrected chi connectivity index (χ1v) is 8.73. The van der Waals surface area contributed by atoms with E-state index < -0.39 is 9.84 Å². The highest BCUT2D eigenvalue weighted by Crippen LogP contribution is 2.28. The second kappa shape index (κ2) is 5.20. The van der Waals surface area contributed by atoms with E-state index in [-0.39, 0.29) is 17.7 Å². The first-order chi connectivity index (χ1) is 9.14. The molecule has 2 atom stereocenters. The van der Waals surface area contributed by atoms with Crippen LogP contribution in [-0.2, 0) is 9.84 Å². The smallest absolute Gasteiger partial charge is 0.243 e. The second-order valence-electron chi connectivity index (χ2n) is 5.45. The standard InChI is InChI=1S/C12H19N3O3S/c16-19(17)7-3-4-9(8-19)11-14-12(18-15-11)10-5-1-2-6-13-10/h9-10,13H,1-8H2. The topological polar surface area (TPSA) is 85.1 Å². The molecule has 1 N–H and O–H groups in total. The van der Waals surface area contributed by atoms with Crippen molar-refractivity contribution in [1.82, 2.24) is 15.5 Å². The molecule has 2 unspecified atom stereocenters. The molecule has 2 fully saturated rings. The summed E-state index contributed by atoms with van der Waals surface area (Å²) >= 11 is 0. The second-order valence-corrected chi connectivity index (χ2v) is 7.68. The van der Waals surface area contributed by atoms with Crippen molar-refractivity contribution in [2.75, 3.05) is 18.1 Å². The number of aromatic nitrogens is 2. The molecule has 0 aliphatic carbocycles. The van der Waals surface area contributed by atoms with Gasteiger partial charge >= 0.3 is 0 Å². The number of rotatable bonds is 2. The number of nitrogens with zero attached hydrogens (tertiary/aromatic N) is 2. The maximum atomic E-state index is 11.6. The fourth-order valence-electron chi connectivity index (χ4n) is 2.84. The number of hydrogen-bond acceptors (Lipinski definition) is 6. The van der Waals surface area contributed by atoms with Crippen LogP contribution in [0.3, 0.4) is 0 Å². The van der Waals surface area contributed by atoms with Crippen LogP contribution in [0.2, 0.25) is 0 Å². The Morgan fingerprint density at radius 2 is 2.11 bits per heavy atom. The molecular weight excluding hydrogens is 266 g/mol. The van der Waals surface area contributed by atoms with Crippen molar-refractivity contribution in [2.45, 2.75) is 44.1 Å². The first kappa shape index (κ1) is 13.1. The van der Waals surface area contributed by atoms with Crippen molar-refractivity contribution in [3.8, 4) is 0 Å². The predicted octanol–water partition coefficient (Wildman–Crippen LogP) is 1.18. The molecule has 3 heterocycles. The monoisotopic (exact) mass is 285 g/mol. The Morgan fingerprint density at radius 3 is 2.84 bits per heavy atom. The normalized spacial score (nSPS) is 31.2. The van der Waals surface area contributed by atoms with E-state index in [1.807, 2.05) is 0 Å². The molecule has 2 aliphatic rings. The van der Waals surface area contributed by atoms with Crippen molar-refractivity contribution in [2.24, 2.45) is 0 Å². The van der Waals surface area contributed by atoms with E-state index in [0.717, 1.165) is 25.8 Å². The van der Waals surface area contributed by atoms with Gasteiger partial charge in [0.1, 0.15) is 0 Å². The van der Waals surface area contributed by atoms with Gasteiger partial charge in [-0.3, -0.25) is 0 Å². The van der Waals surface area contributed by atoms with Crippen LogP contribution in [-0.4, -0.2) is 36.6 Å². The maximum Gasteiger partial charge on any atom is 0.243 e. The molecule has 3 rings (SSSR count). The summed E-state index contributed by atoms with van der Waals surface area (Å²) < 4.78 is 28.6. The van der Waals surface area contributed by atoms with Crippen LogP contribution in [0, 0.1) is 0 Å². The van der Waals surface area contributed by atoms with Crippen molar-refractivity contribution < 1.29 is 12.9 Å². The summed E-state index contributed by atoms with van der Waals surface area (Å²) in [6, 6.07) is 0.134. The molecular formula is C12H19N3O3S. The highest BCUT2D eigenvalue weighted by Gasteiger charge is 2.30. The zero-order valence-corrected chi connectivity index (χ0v) is 11.7. The molecule has 6 nitrogen and oxygen atoms in total. The summed E-state index contributed by atoms with van der Waals surface area (Å²) in [6.45, 7) is 0.972. The van der Waals surface area contributed by atoms with Crippen LogP contribution in [0.25, 0.3) is 0 Å². The molecule has 0 radical (unpaired) electrons. The van der Waals surface area contributed by atoms with E-state index in [1.165, 1.54) is 6.42 Å². The van der Waals surface area contributed by atoms with Gasteiger partial charge in [0.05, 0.1) is 17.5 Å². The molecule has 0 spiro atoms. The molecule has 7 heteroatoms. The van der Waals surface area contributed by atoms with Crippen LogP contribution in [0.1, 0.15) is 55.8 Å². The van der Waals surface area contributed by atoms with E-state index in [1.54, 1.807) is 0 Å². The largest absolute Gasteiger partial charge is 0.338 e. The van der Waals surface area contributed by atoms with Crippen LogP contribution in [0.5, 0.6) is 0 Å². The molecule has 0 saturated carbocycles. The Morgan fingerprint density at radius 1 is 1.21 bits per heavy atom. The fourth-order valence-corrected chi connectivity index (χ4v) is 4.55. The van der Waals surface area contributed by atoms with Gasteiger partial charge in [-0.2, -0.15) is 4.98 Å². The highest BCUT2D eigenvalue weighted by molar-refractivity contribution is 7.91. The van der Waals surface area contributed by atoms with Crippen molar-refractivity contribution in [3.63, 3.8) is 0 Å². The molecule has 19 heavy (non-hydrogen) atoms. The molecule has 0 amide bonds. The van der Waals surface area contributed by atoms with Crippen LogP contribution >= 0.6 is 0 Å². The molecule has 2 saturated heterocycles. The van der Waals surface area contributed by atoms with E-state index in [9.17, 15) is 8.42 Å². The number of nitrogens with one attached hydrogen (secondary N) is 1. The molecule has 1 aromatic heterocycles. The zero-order chi connectivity index (χ0) is 13.3. The van der Waals surface area contributed by atoms with E-state index in [4.69, 9.17) is 4.52 Å². The van der Waals surface area contributed by atoms with Gasteiger partial charge in [0.2, 0.25) is 5.89 Å². The number of piperidine rings is 1. The van der Waals surface area contributed by atoms with Gasteiger partial charge in [-0.05, 0) is 32.2 Å². The summed E-state index contributed by atoms with van der Waals surface area (Å²) in [5.41, 5.74) is 0. The molecule has 0 aromatic carbocycles. The van der Waals surface area contributed by atoms with Crippen LogP contribution in [0.15, 0.2) is 4.52 Å².